The minimum atomic E-state index is -1.20. The molecule has 0 atom stereocenters. The first kappa shape index (κ1) is 21.3. The van der Waals surface area contributed by atoms with Gasteiger partial charge in [0, 0.05) is 0 Å². The number of carbonyl (C=O) groups is 1. The van der Waals surface area contributed by atoms with E-state index in [9.17, 15) is 9.90 Å². The minimum absolute atomic E-state index is 0.365. The summed E-state index contributed by atoms with van der Waals surface area (Å²) in [5.41, 5.74) is 1.05. The van der Waals surface area contributed by atoms with Gasteiger partial charge in [-0.3, -0.25) is 4.79 Å². The van der Waals surface area contributed by atoms with Gasteiger partial charge in [0.2, 0.25) is 0 Å². The third kappa shape index (κ3) is 4.64. The van der Waals surface area contributed by atoms with Gasteiger partial charge in [-0.25, -0.2) is 0 Å². The summed E-state index contributed by atoms with van der Waals surface area (Å²) in [6.07, 6.45) is -0.954. The average Bonchev–Trinajstić information content (AvgIpc) is 2.76. The number of aliphatic hydroxyl groups excluding tert-OH is 3. The molecule has 3 aromatic rings. The van der Waals surface area contributed by atoms with Crippen LogP contribution in [0.5, 0.6) is 0 Å². The van der Waals surface area contributed by atoms with E-state index in [4.69, 9.17) is 15.3 Å². The lowest BCUT2D eigenvalue weighted by atomic mass is 9.69. The zero-order valence-corrected chi connectivity index (χ0v) is 15.3. The molecule has 0 heterocycles. The molecular formula is C23H24O5. The summed E-state index contributed by atoms with van der Waals surface area (Å²) in [7, 11) is 0. The molecule has 146 valence electrons. The van der Waals surface area contributed by atoms with Crippen molar-refractivity contribution in [2.24, 2.45) is 0 Å². The predicted molar refractivity (Wildman–Crippen MR) is 107 cm³/mol. The molecular weight excluding hydrogens is 356 g/mol. The number of aliphatic hydroxyl groups is 3. The van der Waals surface area contributed by atoms with Crippen molar-refractivity contribution >= 4 is 5.97 Å². The number of carboxylic acid groups (broad SMARTS) is 1. The van der Waals surface area contributed by atoms with Crippen molar-refractivity contribution < 1.29 is 25.2 Å². The maximum Gasteiger partial charge on any atom is 0.323 e. The van der Waals surface area contributed by atoms with Gasteiger partial charge < -0.3 is 20.4 Å². The maximum absolute atomic E-state index is 12.4. The van der Waals surface area contributed by atoms with E-state index >= 15 is 0 Å². The maximum atomic E-state index is 12.4. The Hall–Kier alpha value is -2.99. The lowest BCUT2D eigenvalue weighted by molar-refractivity contribution is -0.140. The van der Waals surface area contributed by atoms with Gasteiger partial charge in [-0.1, -0.05) is 91.0 Å². The SMILES string of the molecule is O=C(O)C(c1ccccc1)(c1ccccc1)c1ccccc1.OCC(O)CO. The Balaban J connectivity index is 0.000000409. The highest BCUT2D eigenvalue weighted by molar-refractivity contribution is 5.90. The van der Waals surface area contributed by atoms with Gasteiger partial charge in [0.1, 0.15) is 11.5 Å². The quantitative estimate of drug-likeness (QED) is 0.493. The van der Waals surface area contributed by atoms with E-state index in [2.05, 4.69) is 0 Å². The summed E-state index contributed by atoms with van der Waals surface area (Å²) in [6.45, 7) is -0.729. The molecule has 3 aromatic carbocycles. The van der Waals surface area contributed by atoms with Gasteiger partial charge in [0.05, 0.1) is 13.2 Å². The van der Waals surface area contributed by atoms with E-state index in [0.717, 1.165) is 16.7 Å². The number of hydrogen-bond acceptors (Lipinski definition) is 4. The molecule has 0 unspecified atom stereocenters. The second kappa shape index (κ2) is 10.4. The minimum Gasteiger partial charge on any atom is -0.480 e. The smallest absolute Gasteiger partial charge is 0.323 e. The molecule has 0 radical (unpaired) electrons. The normalized spacial score (nSPS) is 10.9. The Morgan fingerprint density at radius 2 is 0.964 bits per heavy atom. The van der Waals surface area contributed by atoms with E-state index in [0.29, 0.717) is 0 Å². The molecule has 0 bridgehead atoms. The Labute approximate surface area is 164 Å². The molecule has 0 spiro atoms. The molecule has 28 heavy (non-hydrogen) atoms. The van der Waals surface area contributed by atoms with Crippen molar-refractivity contribution in [2.45, 2.75) is 11.5 Å². The summed E-state index contributed by atoms with van der Waals surface area (Å²) in [6, 6.07) is 28.1. The van der Waals surface area contributed by atoms with Gasteiger partial charge in [0.25, 0.3) is 0 Å². The van der Waals surface area contributed by atoms with Crippen molar-refractivity contribution in [3.8, 4) is 0 Å². The molecule has 5 nitrogen and oxygen atoms in total. The first-order valence-electron chi connectivity index (χ1n) is 8.87. The van der Waals surface area contributed by atoms with Crippen molar-refractivity contribution in [3.63, 3.8) is 0 Å². The third-order valence-electron chi connectivity index (χ3n) is 4.36. The Kier molecular flexibility index (Phi) is 7.89. The number of aliphatic carboxylic acids is 1. The van der Waals surface area contributed by atoms with Crippen LogP contribution in [-0.2, 0) is 10.2 Å². The highest BCUT2D eigenvalue weighted by atomic mass is 16.4. The Morgan fingerprint density at radius 3 is 1.14 bits per heavy atom. The van der Waals surface area contributed by atoms with Crippen LogP contribution in [0.3, 0.4) is 0 Å². The molecule has 0 aliphatic heterocycles. The summed E-state index contributed by atoms with van der Waals surface area (Å²) in [4.78, 5) is 12.4. The number of hydrogen-bond donors (Lipinski definition) is 4. The second-order valence-corrected chi connectivity index (χ2v) is 6.17. The van der Waals surface area contributed by atoms with E-state index in [1.165, 1.54) is 0 Å². The molecule has 0 saturated carbocycles. The van der Waals surface area contributed by atoms with Crippen molar-refractivity contribution in [1.82, 2.24) is 0 Å². The fourth-order valence-corrected chi connectivity index (χ4v) is 2.99. The molecule has 0 aromatic heterocycles. The highest BCUT2D eigenvalue weighted by Gasteiger charge is 2.43. The first-order valence-corrected chi connectivity index (χ1v) is 8.87. The summed E-state index contributed by atoms with van der Waals surface area (Å²) in [5.74, 6) is -0.879. The second-order valence-electron chi connectivity index (χ2n) is 6.17. The molecule has 5 heteroatoms. The van der Waals surface area contributed by atoms with E-state index in [1.54, 1.807) is 0 Å². The summed E-state index contributed by atoms with van der Waals surface area (Å²) in [5, 5.41) is 34.2. The Bertz CT molecular complexity index is 734. The van der Waals surface area contributed by atoms with Crippen LogP contribution in [0.1, 0.15) is 16.7 Å². The fourth-order valence-electron chi connectivity index (χ4n) is 2.99. The van der Waals surface area contributed by atoms with Crippen molar-refractivity contribution in [2.75, 3.05) is 13.2 Å². The summed E-state index contributed by atoms with van der Waals surface area (Å²) < 4.78 is 0. The van der Waals surface area contributed by atoms with E-state index in [1.807, 2.05) is 91.0 Å². The van der Waals surface area contributed by atoms with E-state index in [-0.39, 0.29) is 13.2 Å². The van der Waals surface area contributed by atoms with Crippen molar-refractivity contribution in [1.29, 1.82) is 0 Å². The lowest BCUT2D eigenvalue weighted by Crippen LogP contribution is -2.38. The number of benzene rings is 3. The molecule has 3 rings (SSSR count). The van der Waals surface area contributed by atoms with Crippen molar-refractivity contribution in [3.05, 3.63) is 108 Å². The van der Waals surface area contributed by atoms with Crippen LogP contribution in [-0.4, -0.2) is 45.7 Å². The van der Waals surface area contributed by atoms with Gasteiger partial charge in [0.15, 0.2) is 0 Å². The van der Waals surface area contributed by atoms with Crippen LogP contribution < -0.4 is 0 Å². The third-order valence-corrected chi connectivity index (χ3v) is 4.36. The summed E-state index contributed by atoms with van der Waals surface area (Å²) >= 11 is 0. The molecule has 0 aliphatic carbocycles. The molecule has 0 amide bonds. The van der Waals surface area contributed by atoms with Crippen LogP contribution in [0, 0.1) is 0 Å². The van der Waals surface area contributed by atoms with Crippen LogP contribution in [0.15, 0.2) is 91.0 Å². The largest absolute Gasteiger partial charge is 0.480 e. The highest BCUT2D eigenvalue weighted by Crippen LogP contribution is 2.39. The van der Waals surface area contributed by atoms with Crippen LogP contribution in [0.4, 0.5) is 0 Å². The van der Waals surface area contributed by atoms with Gasteiger partial charge >= 0.3 is 5.97 Å². The fraction of sp³-hybridized carbons (Fsp3) is 0.174. The molecule has 0 fully saturated rings. The number of carboxylic acids is 1. The van der Waals surface area contributed by atoms with Gasteiger partial charge in [-0.05, 0) is 16.7 Å². The van der Waals surface area contributed by atoms with E-state index < -0.39 is 17.5 Å². The van der Waals surface area contributed by atoms with Gasteiger partial charge in [-0.15, -0.1) is 0 Å². The molecule has 4 N–H and O–H groups in total. The zero-order chi connectivity index (χ0) is 20.4. The molecule has 0 aliphatic rings. The monoisotopic (exact) mass is 380 g/mol. The first-order chi connectivity index (χ1) is 13.6. The van der Waals surface area contributed by atoms with Crippen LogP contribution in [0.2, 0.25) is 0 Å². The van der Waals surface area contributed by atoms with Crippen LogP contribution >= 0.6 is 0 Å². The average molecular weight is 380 g/mol. The standard InChI is InChI=1S/C20H16O2.C3H8O3/c21-19(22)20(16-10-4-1-5-11-16,17-12-6-2-7-13-17)18-14-8-3-9-15-18;4-1-3(6)2-5/h1-15H,(H,21,22);3-6H,1-2H2. The predicted octanol–water partition coefficient (Wildman–Crippen LogP) is 2.44. The Morgan fingerprint density at radius 1 is 0.679 bits per heavy atom. The van der Waals surface area contributed by atoms with Gasteiger partial charge in [-0.2, -0.15) is 0 Å². The topological polar surface area (TPSA) is 98.0 Å². The lowest BCUT2D eigenvalue weighted by Gasteiger charge is -2.31. The molecule has 0 saturated heterocycles. The van der Waals surface area contributed by atoms with Crippen LogP contribution in [0.25, 0.3) is 0 Å². The zero-order valence-electron chi connectivity index (χ0n) is 15.3. The number of rotatable bonds is 6.